The maximum atomic E-state index is 2.47. The van der Waals surface area contributed by atoms with Crippen molar-refractivity contribution < 1.29 is 0 Å². The lowest BCUT2D eigenvalue weighted by atomic mass is 10.0. The Bertz CT molecular complexity index is 2790. The highest BCUT2D eigenvalue weighted by Crippen LogP contribution is 2.44. The maximum Gasteiger partial charge on any atom is 0.0619 e. The number of benzene rings is 9. The zero-order valence-electron chi connectivity index (χ0n) is 28.5. The van der Waals surface area contributed by atoms with Gasteiger partial charge in [0, 0.05) is 38.6 Å². The van der Waals surface area contributed by atoms with Gasteiger partial charge in [-0.1, -0.05) is 164 Å². The molecule has 244 valence electrons. The van der Waals surface area contributed by atoms with Crippen LogP contribution >= 0.6 is 0 Å². The van der Waals surface area contributed by atoms with E-state index in [2.05, 4.69) is 216 Å². The molecule has 1 aromatic heterocycles. The smallest absolute Gasteiger partial charge is 0.0619 e. The highest BCUT2D eigenvalue weighted by molar-refractivity contribution is 6.19. The summed E-state index contributed by atoms with van der Waals surface area (Å²) in [5, 5.41) is 7.37. The summed E-state index contributed by atoms with van der Waals surface area (Å²) in [6, 6.07) is 74.7. The van der Waals surface area contributed by atoms with Crippen LogP contribution in [0.3, 0.4) is 0 Å². The van der Waals surface area contributed by atoms with Gasteiger partial charge in [0.25, 0.3) is 0 Å². The van der Waals surface area contributed by atoms with Crippen molar-refractivity contribution >= 4 is 60.4 Å². The Balaban J connectivity index is 1.23. The molecule has 0 radical (unpaired) electrons. The highest BCUT2D eigenvalue weighted by atomic mass is 15.1. The topological polar surface area (TPSA) is 8.17 Å². The van der Waals surface area contributed by atoms with Gasteiger partial charge in [0.15, 0.2) is 0 Å². The van der Waals surface area contributed by atoms with E-state index in [0.29, 0.717) is 0 Å². The van der Waals surface area contributed by atoms with Gasteiger partial charge in [-0.3, -0.25) is 0 Å². The molecule has 0 saturated heterocycles. The van der Waals surface area contributed by atoms with Crippen LogP contribution < -0.4 is 4.90 Å². The number of hydrogen-bond donors (Lipinski definition) is 0. The summed E-state index contributed by atoms with van der Waals surface area (Å²) in [5.41, 5.74) is 11.7. The molecule has 0 aliphatic rings. The molecule has 0 fully saturated rings. The largest absolute Gasteiger partial charge is 0.310 e. The fourth-order valence-electron chi connectivity index (χ4n) is 7.88. The van der Waals surface area contributed by atoms with E-state index >= 15 is 0 Å². The van der Waals surface area contributed by atoms with Gasteiger partial charge in [0.2, 0.25) is 0 Å². The standard InChI is InChI=1S/C50H34N2/c1-3-13-35(14-4-1)37-23-28-41(29-24-37)51(42-30-25-38(26-31-42)36-15-5-2-6-16-36)49-34-43(33-40-18-8-9-19-44(40)49)52-48-22-12-11-21-46(48)47-32-27-39-17-7-10-20-45(39)50(47)52/h1-34H. The molecule has 2 heteroatoms. The highest BCUT2D eigenvalue weighted by Gasteiger charge is 2.20. The molecule has 0 saturated carbocycles. The molecular weight excluding hydrogens is 629 g/mol. The van der Waals surface area contributed by atoms with Crippen LogP contribution in [0.25, 0.3) is 71.3 Å². The average molecular weight is 663 g/mol. The summed E-state index contributed by atoms with van der Waals surface area (Å²) in [5.74, 6) is 0. The Labute approximate surface area is 303 Å². The quantitative estimate of drug-likeness (QED) is 0.172. The molecule has 0 spiro atoms. The van der Waals surface area contributed by atoms with Gasteiger partial charge >= 0.3 is 0 Å². The van der Waals surface area contributed by atoms with E-state index in [9.17, 15) is 0 Å². The van der Waals surface area contributed by atoms with Gasteiger partial charge in [-0.15, -0.1) is 0 Å². The van der Waals surface area contributed by atoms with Crippen LogP contribution in [0.4, 0.5) is 17.1 Å². The lowest BCUT2D eigenvalue weighted by Crippen LogP contribution is -2.11. The predicted molar refractivity (Wildman–Crippen MR) is 221 cm³/mol. The first-order chi connectivity index (χ1) is 25.8. The lowest BCUT2D eigenvalue weighted by Gasteiger charge is -2.28. The van der Waals surface area contributed by atoms with E-state index in [-0.39, 0.29) is 0 Å². The minimum atomic E-state index is 1.10. The summed E-state index contributed by atoms with van der Waals surface area (Å²) in [4.78, 5) is 2.42. The monoisotopic (exact) mass is 662 g/mol. The molecule has 2 nitrogen and oxygen atoms in total. The summed E-state index contributed by atoms with van der Waals surface area (Å²) in [6.45, 7) is 0. The zero-order valence-corrected chi connectivity index (χ0v) is 28.5. The Morgan fingerprint density at radius 2 is 0.827 bits per heavy atom. The molecule has 9 aromatic carbocycles. The zero-order chi connectivity index (χ0) is 34.4. The SMILES string of the molecule is c1ccc(-c2ccc(N(c3ccc(-c4ccccc4)cc3)c3cc(-n4c5ccccc5c5ccc6ccccc6c54)cc4ccccc34)cc2)cc1. The van der Waals surface area contributed by atoms with E-state index in [1.807, 2.05) is 0 Å². The van der Waals surface area contributed by atoms with E-state index in [1.165, 1.54) is 65.6 Å². The molecule has 1 heterocycles. The van der Waals surface area contributed by atoms with E-state index in [1.54, 1.807) is 0 Å². The van der Waals surface area contributed by atoms with E-state index < -0.39 is 0 Å². The summed E-state index contributed by atoms with van der Waals surface area (Å²) in [7, 11) is 0. The number of anilines is 3. The minimum Gasteiger partial charge on any atom is -0.310 e. The Morgan fingerprint density at radius 1 is 0.327 bits per heavy atom. The van der Waals surface area contributed by atoms with Crippen LogP contribution in [0.2, 0.25) is 0 Å². The summed E-state index contributed by atoms with van der Waals surface area (Å²) < 4.78 is 2.47. The van der Waals surface area contributed by atoms with Gasteiger partial charge in [0.1, 0.15) is 0 Å². The predicted octanol–water partition coefficient (Wildman–Crippen LogP) is 13.9. The number of fused-ring (bicyclic) bond motifs is 6. The molecule has 10 aromatic rings. The van der Waals surface area contributed by atoms with Gasteiger partial charge < -0.3 is 9.47 Å². The Kier molecular flexibility index (Phi) is 7.18. The van der Waals surface area contributed by atoms with Crippen LogP contribution in [0.5, 0.6) is 0 Å². The van der Waals surface area contributed by atoms with Crippen LogP contribution in [0, 0.1) is 0 Å². The first kappa shape index (κ1) is 30.0. The van der Waals surface area contributed by atoms with Gasteiger partial charge in [-0.05, 0) is 75.5 Å². The van der Waals surface area contributed by atoms with Crippen molar-refractivity contribution in [1.82, 2.24) is 4.57 Å². The van der Waals surface area contributed by atoms with Crippen molar-refractivity contribution in [2.75, 3.05) is 4.90 Å². The van der Waals surface area contributed by atoms with E-state index in [0.717, 1.165) is 22.7 Å². The van der Waals surface area contributed by atoms with Gasteiger partial charge in [-0.2, -0.15) is 0 Å². The summed E-state index contributed by atoms with van der Waals surface area (Å²) in [6.07, 6.45) is 0. The minimum absolute atomic E-state index is 1.10. The van der Waals surface area contributed by atoms with Crippen molar-refractivity contribution in [2.24, 2.45) is 0 Å². The third-order valence-corrected chi connectivity index (χ3v) is 10.3. The fraction of sp³-hybridized carbons (Fsp3) is 0. The molecular formula is C50H34N2. The Morgan fingerprint density at radius 3 is 1.46 bits per heavy atom. The number of hydrogen-bond acceptors (Lipinski definition) is 1. The number of para-hydroxylation sites is 1. The fourth-order valence-corrected chi connectivity index (χ4v) is 7.88. The van der Waals surface area contributed by atoms with Crippen molar-refractivity contribution in [2.45, 2.75) is 0 Å². The third kappa shape index (κ3) is 5.04. The Hall–Kier alpha value is -6.90. The van der Waals surface area contributed by atoms with Crippen LogP contribution in [-0.2, 0) is 0 Å². The van der Waals surface area contributed by atoms with E-state index in [4.69, 9.17) is 0 Å². The van der Waals surface area contributed by atoms with Crippen LogP contribution in [0.1, 0.15) is 0 Å². The van der Waals surface area contributed by atoms with Gasteiger partial charge in [-0.25, -0.2) is 0 Å². The molecule has 0 atom stereocenters. The van der Waals surface area contributed by atoms with Crippen molar-refractivity contribution in [3.8, 4) is 27.9 Å². The molecule has 0 aliphatic carbocycles. The van der Waals surface area contributed by atoms with Crippen molar-refractivity contribution in [1.29, 1.82) is 0 Å². The van der Waals surface area contributed by atoms with Gasteiger partial charge in [0.05, 0.1) is 16.7 Å². The second-order valence-electron chi connectivity index (χ2n) is 13.4. The van der Waals surface area contributed by atoms with Crippen LogP contribution in [0.15, 0.2) is 206 Å². The van der Waals surface area contributed by atoms with Crippen molar-refractivity contribution in [3.63, 3.8) is 0 Å². The number of aromatic nitrogens is 1. The molecule has 0 unspecified atom stereocenters. The van der Waals surface area contributed by atoms with Crippen LogP contribution in [-0.4, -0.2) is 4.57 Å². The maximum absolute atomic E-state index is 2.47. The molecule has 52 heavy (non-hydrogen) atoms. The normalized spacial score (nSPS) is 11.5. The second-order valence-corrected chi connectivity index (χ2v) is 13.4. The number of rotatable bonds is 6. The lowest BCUT2D eigenvalue weighted by molar-refractivity contribution is 1.18. The third-order valence-electron chi connectivity index (χ3n) is 10.3. The van der Waals surface area contributed by atoms with Crippen molar-refractivity contribution in [3.05, 3.63) is 206 Å². The molecule has 0 amide bonds. The first-order valence-electron chi connectivity index (χ1n) is 17.9. The molecule has 0 N–H and O–H groups in total. The second kappa shape index (κ2) is 12.5. The number of nitrogens with zero attached hydrogens (tertiary/aromatic N) is 2. The molecule has 10 rings (SSSR count). The summed E-state index contributed by atoms with van der Waals surface area (Å²) >= 11 is 0. The molecule has 0 bridgehead atoms. The first-order valence-corrected chi connectivity index (χ1v) is 17.9. The molecule has 0 aliphatic heterocycles. The average Bonchev–Trinajstić information content (AvgIpc) is 3.57.